The van der Waals surface area contributed by atoms with Crippen LogP contribution in [0.2, 0.25) is 0 Å². The highest BCUT2D eigenvalue weighted by Gasteiger charge is 2.30. The highest BCUT2D eigenvalue weighted by atomic mass is 32.1. The molecular weight excluding hydrogens is 216 g/mol. The molecular formula is C13H20N2S. The van der Waals surface area contributed by atoms with Crippen LogP contribution in [0.15, 0.2) is 11.4 Å². The molecule has 0 aliphatic carbocycles. The molecule has 16 heavy (non-hydrogen) atoms. The lowest BCUT2D eigenvalue weighted by atomic mass is 9.96. The van der Waals surface area contributed by atoms with Gasteiger partial charge in [0.1, 0.15) is 0 Å². The van der Waals surface area contributed by atoms with E-state index in [-0.39, 0.29) is 0 Å². The molecule has 0 saturated carbocycles. The van der Waals surface area contributed by atoms with E-state index >= 15 is 0 Å². The molecule has 2 aliphatic heterocycles. The lowest BCUT2D eigenvalue weighted by Gasteiger charge is -2.41. The van der Waals surface area contributed by atoms with E-state index < -0.39 is 0 Å². The summed E-state index contributed by atoms with van der Waals surface area (Å²) < 4.78 is 0. The fourth-order valence-corrected chi connectivity index (χ4v) is 4.11. The fourth-order valence-electron chi connectivity index (χ4n) is 3.14. The molecule has 2 aliphatic rings. The van der Waals surface area contributed by atoms with Gasteiger partial charge in [-0.05, 0) is 49.7 Å². The minimum atomic E-state index is 0.625. The Labute approximate surface area is 102 Å². The number of nitrogens with zero attached hydrogens (tertiary/aromatic N) is 1. The predicted octanol–water partition coefficient (Wildman–Crippen LogP) is 2.42. The Kier molecular flexibility index (Phi) is 3.01. The quantitative estimate of drug-likeness (QED) is 0.805. The second-order valence-corrected chi connectivity index (χ2v) is 5.96. The minimum Gasteiger partial charge on any atom is -0.315 e. The van der Waals surface area contributed by atoms with Crippen molar-refractivity contribution in [3.05, 3.63) is 21.9 Å². The fraction of sp³-hybridized carbons (Fsp3) is 0.692. The number of hydrogen-bond donors (Lipinski definition) is 1. The molecule has 3 heteroatoms. The van der Waals surface area contributed by atoms with Gasteiger partial charge in [-0.15, -0.1) is 11.3 Å². The van der Waals surface area contributed by atoms with Gasteiger partial charge in [-0.1, -0.05) is 0 Å². The average molecular weight is 236 g/mol. The third-order valence-electron chi connectivity index (χ3n) is 4.06. The van der Waals surface area contributed by atoms with Crippen LogP contribution < -0.4 is 5.32 Å². The van der Waals surface area contributed by atoms with Crippen LogP contribution in [0.4, 0.5) is 0 Å². The van der Waals surface area contributed by atoms with Crippen LogP contribution in [0.1, 0.15) is 36.2 Å². The summed E-state index contributed by atoms with van der Waals surface area (Å²) in [4.78, 5) is 4.33. The molecule has 1 N–H and O–H groups in total. The lowest BCUT2D eigenvalue weighted by Crippen LogP contribution is -2.49. The van der Waals surface area contributed by atoms with Crippen molar-refractivity contribution in [2.75, 3.05) is 19.6 Å². The molecule has 0 spiro atoms. The highest BCUT2D eigenvalue weighted by molar-refractivity contribution is 7.10. The molecule has 1 aromatic rings. The summed E-state index contributed by atoms with van der Waals surface area (Å²) in [5.41, 5.74) is 1.59. The molecule has 1 fully saturated rings. The number of thiophene rings is 1. The zero-order valence-electron chi connectivity index (χ0n) is 9.91. The molecule has 1 aromatic heterocycles. The van der Waals surface area contributed by atoms with Crippen molar-refractivity contribution >= 4 is 11.3 Å². The van der Waals surface area contributed by atoms with E-state index in [1.807, 2.05) is 11.3 Å². The van der Waals surface area contributed by atoms with E-state index in [0.29, 0.717) is 6.04 Å². The van der Waals surface area contributed by atoms with Crippen molar-refractivity contribution < 1.29 is 0 Å². The molecule has 2 atom stereocenters. The number of nitrogens with one attached hydrogen (secondary N) is 1. The Bertz CT molecular complexity index is 355. The van der Waals surface area contributed by atoms with E-state index in [0.717, 1.165) is 6.04 Å². The van der Waals surface area contributed by atoms with Gasteiger partial charge in [0.2, 0.25) is 0 Å². The molecule has 0 bridgehead atoms. The molecule has 0 radical (unpaired) electrons. The van der Waals surface area contributed by atoms with Crippen molar-refractivity contribution in [1.82, 2.24) is 10.2 Å². The van der Waals surface area contributed by atoms with Gasteiger partial charge in [-0.2, -0.15) is 0 Å². The average Bonchev–Trinajstić information content (AvgIpc) is 2.80. The second-order valence-electron chi connectivity index (χ2n) is 4.96. The van der Waals surface area contributed by atoms with Crippen LogP contribution in [-0.4, -0.2) is 30.6 Å². The van der Waals surface area contributed by atoms with Gasteiger partial charge >= 0.3 is 0 Å². The zero-order valence-corrected chi connectivity index (χ0v) is 10.7. The summed E-state index contributed by atoms with van der Waals surface area (Å²) in [5.74, 6) is 0. The molecule has 88 valence electrons. The standard InChI is InChI=1S/C13H20N2S/c1-10-12-5-8-16-13(12)4-7-15(10)11-3-2-6-14-9-11/h5,8,10-11,14H,2-4,6-7,9H2,1H3. The Morgan fingerprint density at radius 3 is 3.25 bits per heavy atom. The highest BCUT2D eigenvalue weighted by Crippen LogP contribution is 2.34. The summed E-state index contributed by atoms with van der Waals surface area (Å²) >= 11 is 1.94. The van der Waals surface area contributed by atoms with Gasteiger partial charge in [0.25, 0.3) is 0 Å². The van der Waals surface area contributed by atoms with Gasteiger partial charge < -0.3 is 5.32 Å². The maximum Gasteiger partial charge on any atom is 0.0334 e. The summed E-state index contributed by atoms with van der Waals surface area (Å²) in [6.45, 7) is 6.02. The number of hydrogen-bond acceptors (Lipinski definition) is 3. The Hall–Kier alpha value is -0.380. The largest absolute Gasteiger partial charge is 0.315 e. The first-order valence-electron chi connectivity index (χ1n) is 6.39. The number of fused-ring (bicyclic) bond motifs is 1. The van der Waals surface area contributed by atoms with Crippen LogP contribution in [0.5, 0.6) is 0 Å². The van der Waals surface area contributed by atoms with E-state index in [2.05, 4.69) is 28.6 Å². The monoisotopic (exact) mass is 236 g/mol. The maximum absolute atomic E-state index is 3.53. The second kappa shape index (κ2) is 4.47. The van der Waals surface area contributed by atoms with Crippen molar-refractivity contribution in [3.63, 3.8) is 0 Å². The van der Waals surface area contributed by atoms with Crippen molar-refractivity contribution in [3.8, 4) is 0 Å². The molecule has 2 nitrogen and oxygen atoms in total. The lowest BCUT2D eigenvalue weighted by molar-refractivity contribution is 0.113. The van der Waals surface area contributed by atoms with Gasteiger partial charge in [0.15, 0.2) is 0 Å². The number of rotatable bonds is 1. The molecule has 2 unspecified atom stereocenters. The molecule has 1 saturated heterocycles. The van der Waals surface area contributed by atoms with Gasteiger partial charge in [0.05, 0.1) is 0 Å². The normalized spacial score (nSPS) is 31.3. The van der Waals surface area contributed by atoms with E-state index in [1.165, 1.54) is 38.9 Å². The third-order valence-corrected chi connectivity index (χ3v) is 5.06. The van der Waals surface area contributed by atoms with Crippen LogP contribution in [-0.2, 0) is 6.42 Å². The van der Waals surface area contributed by atoms with Crippen LogP contribution >= 0.6 is 11.3 Å². The first-order chi connectivity index (χ1) is 7.86. The summed E-state index contributed by atoms with van der Waals surface area (Å²) in [5, 5.41) is 5.79. The molecule has 0 amide bonds. The number of piperidine rings is 1. The SMILES string of the molecule is CC1c2ccsc2CCN1C1CCCNC1. The Morgan fingerprint density at radius 1 is 1.50 bits per heavy atom. The smallest absolute Gasteiger partial charge is 0.0334 e. The third kappa shape index (κ3) is 1.81. The Morgan fingerprint density at radius 2 is 2.44 bits per heavy atom. The summed E-state index contributed by atoms with van der Waals surface area (Å²) in [6, 6.07) is 3.71. The van der Waals surface area contributed by atoms with Crippen LogP contribution in [0.25, 0.3) is 0 Å². The van der Waals surface area contributed by atoms with E-state index in [1.54, 1.807) is 10.4 Å². The first kappa shape index (κ1) is 10.8. The summed E-state index contributed by atoms with van der Waals surface area (Å²) in [7, 11) is 0. The predicted molar refractivity (Wildman–Crippen MR) is 69.0 cm³/mol. The Balaban J connectivity index is 1.78. The van der Waals surface area contributed by atoms with Crippen LogP contribution in [0, 0.1) is 0 Å². The topological polar surface area (TPSA) is 15.3 Å². The molecule has 3 heterocycles. The minimum absolute atomic E-state index is 0.625. The van der Waals surface area contributed by atoms with Gasteiger partial charge in [-0.3, -0.25) is 4.90 Å². The van der Waals surface area contributed by atoms with Crippen molar-refractivity contribution in [2.45, 2.75) is 38.3 Å². The molecule has 3 rings (SSSR count). The van der Waals surface area contributed by atoms with Crippen LogP contribution in [0.3, 0.4) is 0 Å². The van der Waals surface area contributed by atoms with E-state index in [9.17, 15) is 0 Å². The van der Waals surface area contributed by atoms with Crippen molar-refractivity contribution in [2.24, 2.45) is 0 Å². The van der Waals surface area contributed by atoms with E-state index in [4.69, 9.17) is 0 Å². The van der Waals surface area contributed by atoms with Crippen molar-refractivity contribution in [1.29, 1.82) is 0 Å². The summed E-state index contributed by atoms with van der Waals surface area (Å²) in [6.07, 6.45) is 3.97. The first-order valence-corrected chi connectivity index (χ1v) is 7.27. The van der Waals surface area contributed by atoms with Gasteiger partial charge in [0, 0.05) is 30.1 Å². The van der Waals surface area contributed by atoms with Gasteiger partial charge in [-0.25, -0.2) is 0 Å². The molecule has 0 aromatic carbocycles. The zero-order chi connectivity index (χ0) is 11.0. The maximum atomic E-state index is 3.53.